The number of nitrogens with one attached hydrogen (secondary N) is 1. The molecule has 1 aliphatic carbocycles. The number of benzene rings is 2. The Labute approximate surface area is 151 Å². The number of rotatable bonds is 3. The van der Waals surface area contributed by atoms with Crippen molar-refractivity contribution in [3.63, 3.8) is 0 Å². The van der Waals surface area contributed by atoms with Gasteiger partial charge in [-0.2, -0.15) is 0 Å². The summed E-state index contributed by atoms with van der Waals surface area (Å²) in [7, 11) is 0. The first-order valence-electron chi connectivity index (χ1n) is 8.76. The van der Waals surface area contributed by atoms with Gasteiger partial charge in [0.05, 0.1) is 16.9 Å². The summed E-state index contributed by atoms with van der Waals surface area (Å²) in [5.74, 6) is 0.629. The van der Waals surface area contributed by atoms with Crippen molar-refractivity contribution < 1.29 is 9.18 Å². The lowest BCUT2D eigenvalue weighted by Gasteiger charge is -2.19. The van der Waals surface area contributed by atoms with Gasteiger partial charge in [0.1, 0.15) is 5.82 Å². The van der Waals surface area contributed by atoms with Gasteiger partial charge in [-0.3, -0.25) is 4.79 Å². The number of nitrogens with zero attached hydrogens (tertiary/aromatic N) is 2. The van der Waals surface area contributed by atoms with Gasteiger partial charge in [0.15, 0.2) is 11.6 Å². The highest BCUT2D eigenvalue weighted by molar-refractivity contribution is 6.03. The quantitative estimate of drug-likeness (QED) is 0.737. The summed E-state index contributed by atoms with van der Waals surface area (Å²) < 4.78 is 15.1. The lowest BCUT2D eigenvalue weighted by Crippen LogP contribution is -2.19. The van der Waals surface area contributed by atoms with E-state index in [1.54, 1.807) is 16.8 Å². The minimum absolute atomic E-state index is 0.0993. The SMILES string of the molecule is Cc1cccc(Nc2nn(-c3ccc(F)cc3)c3c2C(=O)C[C@H](C)C3)c1. The molecule has 1 aromatic heterocycles. The van der Waals surface area contributed by atoms with Gasteiger partial charge in [-0.15, -0.1) is 5.10 Å². The first-order chi connectivity index (χ1) is 12.5. The summed E-state index contributed by atoms with van der Waals surface area (Å²) in [6, 6.07) is 14.1. The Morgan fingerprint density at radius 1 is 1.15 bits per heavy atom. The molecule has 132 valence electrons. The van der Waals surface area contributed by atoms with Crippen LogP contribution >= 0.6 is 0 Å². The molecular weight excluding hydrogens is 329 g/mol. The van der Waals surface area contributed by atoms with Gasteiger partial charge in [0.2, 0.25) is 0 Å². The second kappa shape index (κ2) is 6.41. The van der Waals surface area contributed by atoms with Gasteiger partial charge in [0.25, 0.3) is 0 Å². The van der Waals surface area contributed by atoms with E-state index < -0.39 is 0 Å². The predicted octanol–water partition coefficient (Wildman–Crippen LogP) is 4.83. The minimum Gasteiger partial charge on any atom is -0.338 e. The highest BCUT2D eigenvalue weighted by Gasteiger charge is 2.31. The van der Waals surface area contributed by atoms with Crippen molar-refractivity contribution in [3.05, 3.63) is 71.2 Å². The number of ketones is 1. The third kappa shape index (κ3) is 3.01. The van der Waals surface area contributed by atoms with E-state index in [0.717, 1.165) is 29.1 Å². The Balaban J connectivity index is 1.83. The zero-order valence-electron chi connectivity index (χ0n) is 14.8. The van der Waals surface area contributed by atoms with Crippen LogP contribution < -0.4 is 5.32 Å². The Hall–Kier alpha value is -2.95. The summed E-state index contributed by atoms with van der Waals surface area (Å²) in [4.78, 5) is 12.7. The number of carbonyl (C=O) groups excluding carboxylic acids is 1. The van der Waals surface area contributed by atoms with Crippen LogP contribution in [0.1, 0.15) is 35.0 Å². The van der Waals surface area contributed by atoms with E-state index in [1.807, 2.05) is 31.2 Å². The minimum atomic E-state index is -0.294. The number of aromatic nitrogens is 2. The van der Waals surface area contributed by atoms with Crippen molar-refractivity contribution in [1.29, 1.82) is 0 Å². The third-order valence-electron chi connectivity index (χ3n) is 4.69. The second-order valence-corrected chi connectivity index (χ2v) is 6.99. The fourth-order valence-corrected chi connectivity index (χ4v) is 3.50. The fraction of sp³-hybridized carbons (Fsp3) is 0.238. The Kier molecular flexibility index (Phi) is 4.07. The molecule has 1 aliphatic rings. The monoisotopic (exact) mass is 349 g/mol. The Morgan fingerprint density at radius 3 is 2.65 bits per heavy atom. The number of Topliss-reactive ketones (excluding diaryl/α,β-unsaturated/α-hetero) is 1. The largest absolute Gasteiger partial charge is 0.338 e. The molecule has 1 atom stereocenters. The number of hydrogen-bond acceptors (Lipinski definition) is 3. The van der Waals surface area contributed by atoms with Crippen LogP contribution in [0.15, 0.2) is 48.5 Å². The predicted molar refractivity (Wildman–Crippen MR) is 99.8 cm³/mol. The van der Waals surface area contributed by atoms with Gasteiger partial charge in [-0.1, -0.05) is 19.1 Å². The molecule has 3 aromatic rings. The molecule has 0 fully saturated rings. The lowest BCUT2D eigenvalue weighted by molar-refractivity contribution is 0.0953. The highest BCUT2D eigenvalue weighted by atomic mass is 19.1. The molecule has 26 heavy (non-hydrogen) atoms. The van der Waals surface area contributed by atoms with E-state index in [9.17, 15) is 9.18 Å². The van der Waals surface area contributed by atoms with Crippen LogP contribution in [0.3, 0.4) is 0 Å². The molecule has 1 N–H and O–H groups in total. The van der Waals surface area contributed by atoms with Crippen LogP contribution in [0.5, 0.6) is 0 Å². The topological polar surface area (TPSA) is 46.9 Å². The number of halogens is 1. The van der Waals surface area contributed by atoms with E-state index in [4.69, 9.17) is 0 Å². The van der Waals surface area contributed by atoms with Crippen LogP contribution in [0.2, 0.25) is 0 Å². The molecule has 2 aromatic carbocycles. The van der Waals surface area contributed by atoms with E-state index in [1.165, 1.54) is 12.1 Å². The summed E-state index contributed by atoms with van der Waals surface area (Å²) >= 11 is 0. The first kappa shape index (κ1) is 16.5. The van der Waals surface area contributed by atoms with Crippen molar-refractivity contribution in [2.75, 3.05) is 5.32 Å². The summed E-state index contributed by atoms with van der Waals surface area (Å²) in [6.07, 6.45) is 1.28. The van der Waals surface area contributed by atoms with Crippen LogP contribution in [0.25, 0.3) is 5.69 Å². The van der Waals surface area contributed by atoms with Crippen molar-refractivity contribution in [2.24, 2.45) is 5.92 Å². The zero-order chi connectivity index (χ0) is 18.3. The molecule has 0 saturated carbocycles. The van der Waals surface area contributed by atoms with Crippen LogP contribution in [0.4, 0.5) is 15.9 Å². The zero-order valence-corrected chi connectivity index (χ0v) is 14.8. The van der Waals surface area contributed by atoms with E-state index in [2.05, 4.69) is 17.3 Å². The van der Waals surface area contributed by atoms with Crippen LogP contribution in [0, 0.1) is 18.7 Å². The van der Waals surface area contributed by atoms with Crippen LogP contribution in [-0.4, -0.2) is 15.6 Å². The molecule has 0 bridgehead atoms. The van der Waals surface area contributed by atoms with Gasteiger partial charge >= 0.3 is 0 Å². The molecule has 0 radical (unpaired) electrons. The molecule has 1 heterocycles. The van der Waals surface area contributed by atoms with Crippen molar-refractivity contribution in [2.45, 2.75) is 26.7 Å². The van der Waals surface area contributed by atoms with Gasteiger partial charge in [0, 0.05) is 12.1 Å². The number of hydrogen-bond donors (Lipinski definition) is 1. The first-order valence-corrected chi connectivity index (χ1v) is 8.76. The smallest absolute Gasteiger partial charge is 0.168 e. The molecule has 0 saturated heterocycles. The molecule has 5 heteroatoms. The number of fused-ring (bicyclic) bond motifs is 1. The van der Waals surface area contributed by atoms with Crippen molar-refractivity contribution >= 4 is 17.3 Å². The maximum absolute atomic E-state index is 13.3. The normalized spacial score (nSPS) is 16.4. The number of anilines is 2. The molecule has 4 rings (SSSR count). The Morgan fingerprint density at radius 2 is 1.92 bits per heavy atom. The molecular formula is C21H20FN3O. The van der Waals surface area contributed by atoms with Gasteiger partial charge < -0.3 is 5.32 Å². The van der Waals surface area contributed by atoms with Crippen LogP contribution in [-0.2, 0) is 6.42 Å². The molecule has 0 amide bonds. The standard InChI is InChI=1S/C21H20FN3O/c1-13-4-3-5-16(10-13)23-21-20-18(11-14(2)12-19(20)26)25(24-21)17-8-6-15(22)7-9-17/h3-10,14H,11-12H2,1-2H3,(H,23,24)/t14-/m1/s1. The summed E-state index contributed by atoms with van der Waals surface area (Å²) in [5, 5.41) is 7.96. The summed E-state index contributed by atoms with van der Waals surface area (Å²) in [6.45, 7) is 4.08. The maximum atomic E-state index is 13.3. The molecule has 4 nitrogen and oxygen atoms in total. The van der Waals surface area contributed by atoms with Crippen molar-refractivity contribution in [3.8, 4) is 5.69 Å². The van der Waals surface area contributed by atoms with Gasteiger partial charge in [-0.25, -0.2) is 9.07 Å². The lowest BCUT2D eigenvalue weighted by atomic mass is 9.87. The highest BCUT2D eigenvalue weighted by Crippen LogP contribution is 2.33. The van der Waals surface area contributed by atoms with E-state index in [0.29, 0.717) is 17.8 Å². The van der Waals surface area contributed by atoms with E-state index >= 15 is 0 Å². The summed E-state index contributed by atoms with van der Waals surface area (Å²) in [5.41, 5.74) is 4.30. The average molecular weight is 349 g/mol. The average Bonchev–Trinajstić information content (AvgIpc) is 2.94. The second-order valence-electron chi connectivity index (χ2n) is 6.99. The Bertz CT molecular complexity index is 975. The maximum Gasteiger partial charge on any atom is 0.168 e. The molecule has 0 aliphatic heterocycles. The number of aryl methyl sites for hydroxylation is 1. The molecule has 0 unspecified atom stereocenters. The number of carbonyl (C=O) groups is 1. The van der Waals surface area contributed by atoms with Gasteiger partial charge in [-0.05, 0) is 61.2 Å². The third-order valence-corrected chi connectivity index (χ3v) is 4.69. The van der Waals surface area contributed by atoms with E-state index in [-0.39, 0.29) is 17.5 Å². The molecule has 0 spiro atoms. The van der Waals surface area contributed by atoms with Crippen molar-refractivity contribution in [1.82, 2.24) is 9.78 Å². The fourth-order valence-electron chi connectivity index (χ4n) is 3.50.